The van der Waals surface area contributed by atoms with Gasteiger partial charge in [-0.25, -0.2) is 9.78 Å². The molecule has 0 bridgehead atoms. The number of carbonyl (C=O) groups excluding carboxylic acids is 9. The predicted octanol–water partition coefficient (Wildman–Crippen LogP) is -7.98. The summed E-state index contributed by atoms with van der Waals surface area (Å²) >= 11 is 0. The van der Waals surface area contributed by atoms with Crippen LogP contribution >= 0.6 is 0 Å². The largest absolute Gasteiger partial charge is 0.481 e. The van der Waals surface area contributed by atoms with Gasteiger partial charge in [-0.3, -0.25) is 47.9 Å². The molecule has 0 saturated heterocycles. The smallest absolute Gasteiger partial charge is 0.326 e. The first-order valence-corrected chi connectivity index (χ1v) is 16.5. The zero-order chi connectivity index (χ0) is 42.9. The summed E-state index contributed by atoms with van der Waals surface area (Å²) in [7, 11) is 0. The number of imidazole rings is 1. The van der Waals surface area contributed by atoms with Crippen molar-refractivity contribution in [1.29, 1.82) is 0 Å². The first-order chi connectivity index (χ1) is 26.0. The molecular formula is C30H46N12O14. The van der Waals surface area contributed by atoms with Gasteiger partial charge in [-0.15, -0.1) is 0 Å². The Morgan fingerprint density at radius 1 is 0.625 bits per heavy atom. The summed E-state index contributed by atoms with van der Waals surface area (Å²) in [4.78, 5) is 142. The molecule has 9 amide bonds. The van der Waals surface area contributed by atoms with Gasteiger partial charge in [0, 0.05) is 12.6 Å². The van der Waals surface area contributed by atoms with Crippen LogP contribution in [0.3, 0.4) is 0 Å². The van der Waals surface area contributed by atoms with Crippen LogP contribution in [0.15, 0.2) is 12.5 Å². The molecule has 0 aliphatic heterocycles. The molecular weight excluding hydrogens is 752 g/mol. The SMILES string of the molecule is CC(C)[C@H](NC(=O)[C@H](Cc1c[nH]cn1)NC(=O)[C@@H](N)CC(=O)O)C(=O)N[C@@H](CC(N)=O)C(=O)N[C@@H](CO)C(=O)N[C@@H](CC(N)=O)C(=O)N[C@@H](CC(N)=O)C(=O)O. The fraction of sp³-hybridized carbons (Fsp3) is 0.533. The van der Waals surface area contributed by atoms with Crippen LogP contribution in [0.1, 0.15) is 45.2 Å². The fourth-order valence-corrected chi connectivity index (χ4v) is 4.66. The maximum Gasteiger partial charge on any atom is 0.326 e. The lowest BCUT2D eigenvalue weighted by atomic mass is 10.0. The molecule has 0 saturated carbocycles. The second kappa shape index (κ2) is 22.5. The summed E-state index contributed by atoms with van der Waals surface area (Å²) in [6.45, 7) is 1.78. The van der Waals surface area contributed by atoms with E-state index in [0.717, 1.165) is 0 Å². The number of aliphatic hydroxyl groups is 1. The van der Waals surface area contributed by atoms with E-state index in [0.29, 0.717) is 0 Å². The van der Waals surface area contributed by atoms with Crippen molar-refractivity contribution in [3.05, 3.63) is 18.2 Å². The van der Waals surface area contributed by atoms with Crippen LogP contribution < -0.4 is 54.8 Å². The molecule has 0 spiro atoms. The van der Waals surface area contributed by atoms with Gasteiger partial charge >= 0.3 is 11.9 Å². The molecule has 0 unspecified atom stereocenters. The highest BCUT2D eigenvalue weighted by molar-refractivity contribution is 5.99. The number of rotatable bonds is 25. The summed E-state index contributed by atoms with van der Waals surface area (Å²) in [5.41, 5.74) is 21.3. The van der Waals surface area contributed by atoms with E-state index in [-0.39, 0.29) is 12.1 Å². The molecule has 7 atom stereocenters. The highest BCUT2D eigenvalue weighted by atomic mass is 16.4. The Hall–Kier alpha value is -6.70. The summed E-state index contributed by atoms with van der Waals surface area (Å²) in [6.07, 6.45) is -1.01. The zero-order valence-corrected chi connectivity index (χ0v) is 30.1. The Morgan fingerprint density at radius 3 is 1.48 bits per heavy atom. The average Bonchev–Trinajstić information content (AvgIpc) is 3.60. The lowest BCUT2D eigenvalue weighted by Crippen LogP contribution is -2.61. The van der Waals surface area contributed by atoms with E-state index >= 15 is 0 Å². The highest BCUT2D eigenvalue weighted by Crippen LogP contribution is 2.08. The van der Waals surface area contributed by atoms with Gasteiger partial charge in [0.15, 0.2) is 0 Å². The molecule has 56 heavy (non-hydrogen) atoms. The summed E-state index contributed by atoms with van der Waals surface area (Å²) in [5.74, 6) is -14.2. The van der Waals surface area contributed by atoms with Crippen LogP contribution in [-0.4, -0.2) is 139 Å². The van der Waals surface area contributed by atoms with Crippen molar-refractivity contribution < 1.29 is 68.1 Å². The van der Waals surface area contributed by atoms with E-state index in [1.165, 1.54) is 26.4 Å². The van der Waals surface area contributed by atoms with E-state index in [1.807, 2.05) is 16.0 Å². The predicted molar refractivity (Wildman–Crippen MR) is 185 cm³/mol. The van der Waals surface area contributed by atoms with Crippen LogP contribution in [0.2, 0.25) is 0 Å². The molecule has 1 heterocycles. The van der Waals surface area contributed by atoms with Crippen molar-refractivity contribution in [2.75, 3.05) is 6.61 Å². The number of nitrogens with zero attached hydrogens (tertiary/aromatic N) is 1. The summed E-state index contributed by atoms with van der Waals surface area (Å²) < 4.78 is 0. The Morgan fingerprint density at radius 2 is 1.05 bits per heavy atom. The lowest BCUT2D eigenvalue weighted by Gasteiger charge is -2.28. The van der Waals surface area contributed by atoms with Crippen LogP contribution in [0, 0.1) is 5.92 Å². The van der Waals surface area contributed by atoms with E-state index in [2.05, 4.69) is 25.9 Å². The van der Waals surface area contributed by atoms with Crippen LogP contribution in [-0.2, 0) is 59.2 Å². The van der Waals surface area contributed by atoms with Gasteiger partial charge in [-0.05, 0) is 5.92 Å². The number of carbonyl (C=O) groups is 11. The fourth-order valence-electron chi connectivity index (χ4n) is 4.66. The average molecular weight is 799 g/mol. The van der Waals surface area contributed by atoms with Gasteiger partial charge in [0.05, 0.1) is 50.4 Å². The van der Waals surface area contributed by atoms with Crippen molar-refractivity contribution in [3.8, 4) is 0 Å². The second-order valence-electron chi connectivity index (χ2n) is 12.5. The molecule has 26 nitrogen and oxygen atoms in total. The Labute approximate surface area is 317 Å². The molecule has 310 valence electrons. The standard InChI is InChI=1S/C30H46N12O14/c1-11(2)23(42-27(52)14(3-12-8-35-10-36-12)37-24(49)13(31)4-22(47)48)29(54)39-16(6-20(33)45)26(51)41-18(9-43)28(53)38-15(5-19(32)44)25(50)40-17(30(55)56)7-21(34)46/h8,10-11,13-18,23,43H,3-7,9,31H2,1-2H3,(H2,32,44)(H2,33,45)(H2,34,46)(H,35,36)(H,37,49)(H,38,53)(H,39,54)(H,40,50)(H,41,51)(H,42,52)(H,47,48)(H,55,56)/t13-,14-,15-,16-,17-,18-,23-/m0/s1. The first-order valence-electron chi connectivity index (χ1n) is 16.5. The van der Waals surface area contributed by atoms with Gasteiger partial charge < -0.3 is 75.1 Å². The van der Waals surface area contributed by atoms with Crippen molar-refractivity contribution in [2.24, 2.45) is 28.9 Å². The quantitative estimate of drug-likeness (QED) is 0.0437. The number of aromatic nitrogens is 2. The van der Waals surface area contributed by atoms with E-state index in [1.54, 1.807) is 0 Å². The Balaban J connectivity index is 3.22. The van der Waals surface area contributed by atoms with Crippen molar-refractivity contribution >= 4 is 65.1 Å². The third-order valence-corrected chi connectivity index (χ3v) is 7.49. The van der Waals surface area contributed by atoms with Crippen molar-refractivity contribution in [2.45, 2.75) is 88.2 Å². The minimum atomic E-state index is -1.95. The van der Waals surface area contributed by atoms with Crippen LogP contribution in [0.5, 0.6) is 0 Å². The number of aliphatic carboxylic acids is 2. The molecule has 18 N–H and O–H groups in total. The van der Waals surface area contributed by atoms with Gasteiger partial charge in [-0.1, -0.05) is 13.8 Å². The van der Waals surface area contributed by atoms with Gasteiger partial charge in [0.25, 0.3) is 0 Å². The number of carboxylic acids is 2. The number of H-pyrrole nitrogens is 1. The van der Waals surface area contributed by atoms with Crippen molar-refractivity contribution in [3.63, 3.8) is 0 Å². The Bertz CT molecular complexity index is 1640. The third kappa shape index (κ3) is 16.5. The Kier molecular flexibility index (Phi) is 19.0. The number of carboxylic acid groups (broad SMARTS) is 2. The molecule has 26 heteroatoms. The van der Waals surface area contributed by atoms with Crippen molar-refractivity contribution in [1.82, 2.24) is 41.9 Å². The lowest BCUT2D eigenvalue weighted by molar-refractivity contribution is -0.144. The molecule has 0 aliphatic carbocycles. The normalized spacial score (nSPS) is 14.6. The number of nitrogens with two attached hydrogens (primary N) is 4. The molecule has 1 rings (SSSR count). The van der Waals surface area contributed by atoms with E-state index in [9.17, 15) is 63.0 Å². The zero-order valence-electron chi connectivity index (χ0n) is 30.1. The number of aromatic amines is 1. The maximum absolute atomic E-state index is 13.5. The monoisotopic (exact) mass is 798 g/mol. The number of primary amides is 3. The van der Waals surface area contributed by atoms with Gasteiger partial charge in [0.1, 0.15) is 36.3 Å². The minimum Gasteiger partial charge on any atom is -0.481 e. The first kappa shape index (κ1) is 47.3. The highest BCUT2D eigenvalue weighted by Gasteiger charge is 2.35. The molecule has 1 aromatic rings. The second-order valence-corrected chi connectivity index (χ2v) is 12.5. The summed E-state index contributed by atoms with van der Waals surface area (Å²) in [5, 5.41) is 41.0. The minimum absolute atomic E-state index is 0.250. The molecule has 0 aromatic carbocycles. The third-order valence-electron chi connectivity index (χ3n) is 7.49. The van der Waals surface area contributed by atoms with E-state index < -0.39 is 146 Å². The van der Waals surface area contributed by atoms with Gasteiger partial charge in [0.2, 0.25) is 53.2 Å². The van der Waals surface area contributed by atoms with Crippen LogP contribution in [0.25, 0.3) is 0 Å². The topological polar surface area (TPSA) is 453 Å². The van der Waals surface area contributed by atoms with Crippen LogP contribution in [0.4, 0.5) is 0 Å². The number of hydrogen-bond donors (Lipinski definition) is 14. The number of nitrogens with one attached hydrogen (secondary N) is 7. The molecule has 1 aromatic heterocycles. The maximum atomic E-state index is 13.5. The number of amides is 9. The molecule has 0 fully saturated rings. The number of hydrogen-bond acceptors (Lipinski definition) is 14. The number of aliphatic hydroxyl groups excluding tert-OH is 1. The summed E-state index contributed by atoms with van der Waals surface area (Å²) in [6, 6.07) is -12.1. The van der Waals surface area contributed by atoms with E-state index in [4.69, 9.17) is 28.0 Å². The molecule has 0 radical (unpaired) electrons. The molecule has 0 aliphatic rings. The van der Waals surface area contributed by atoms with Gasteiger partial charge in [-0.2, -0.15) is 0 Å².